The second-order valence-electron chi connectivity index (χ2n) is 8.72. The number of hydrogen-bond acceptors (Lipinski definition) is 5. The van der Waals surface area contributed by atoms with Crippen molar-refractivity contribution in [1.29, 1.82) is 0 Å². The van der Waals surface area contributed by atoms with Crippen LogP contribution in [-0.2, 0) is 11.3 Å². The lowest BCUT2D eigenvalue weighted by Gasteiger charge is -2.35. The molecule has 0 bridgehead atoms. The van der Waals surface area contributed by atoms with E-state index in [1.165, 1.54) is 5.56 Å². The van der Waals surface area contributed by atoms with Gasteiger partial charge in [0.15, 0.2) is 0 Å². The number of hydrogen-bond donors (Lipinski definition) is 0. The number of anilines is 1. The van der Waals surface area contributed by atoms with Gasteiger partial charge in [-0.1, -0.05) is 18.2 Å². The van der Waals surface area contributed by atoms with Crippen LogP contribution in [0.5, 0.6) is 5.75 Å². The second kappa shape index (κ2) is 11.9. The highest BCUT2D eigenvalue weighted by Crippen LogP contribution is 2.24. The predicted molar refractivity (Wildman–Crippen MR) is 130 cm³/mol. The molecule has 6 heteroatoms. The Hall–Kier alpha value is -2.57. The lowest BCUT2D eigenvalue weighted by Crippen LogP contribution is -2.42. The van der Waals surface area contributed by atoms with E-state index in [0.717, 1.165) is 56.0 Å². The van der Waals surface area contributed by atoms with Crippen LogP contribution in [0.2, 0.25) is 0 Å². The van der Waals surface area contributed by atoms with E-state index < -0.39 is 0 Å². The molecular formula is C26H37N3O3. The molecule has 0 atom stereocenters. The third-order valence-corrected chi connectivity index (χ3v) is 6.26. The molecule has 174 valence electrons. The van der Waals surface area contributed by atoms with Crippen LogP contribution in [0.3, 0.4) is 0 Å². The van der Waals surface area contributed by atoms with Gasteiger partial charge in [-0.3, -0.25) is 9.69 Å². The molecule has 32 heavy (non-hydrogen) atoms. The van der Waals surface area contributed by atoms with Gasteiger partial charge in [-0.25, -0.2) is 0 Å². The zero-order chi connectivity index (χ0) is 22.9. The van der Waals surface area contributed by atoms with Gasteiger partial charge in [0, 0.05) is 57.7 Å². The number of para-hydroxylation sites is 1. The van der Waals surface area contributed by atoms with Crippen molar-refractivity contribution >= 4 is 11.6 Å². The largest absolute Gasteiger partial charge is 0.496 e. The summed E-state index contributed by atoms with van der Waals surface area (Å²) < 4.78 is 10.8. The topological polar surface area (TPSA) is 45.3 Å². The fourth-order valence-corrected chi connectivity index (χ4v) is 4.28. The van der Waals surface area contributed by atoms with E-state index in [-0.39, 0.29) is 5.91 Å². The minimum atomic E-state index is 0.0869. The normalized spacial score (nSPS) is 14.9. The lowest BCUT2D eigenvalue weighted by atomic mass is 9.95. The average molecular weight is 440 g/mol. The van der Waals surface area contributed by atoms with Gasteiger partial charge in [0.05, 0.1) is 13.7 Å². The molecule has 0 saturated carbocycles. The number of likely N-dealkylation sites (tertiary alicyclic amines) is 1. The van der Waals surface area contributed by atoms with Crippen LogP contribution < -0.4 is 9.64 Å². The Labute approximate surface area is 192 Å². The van der Waals surface area contributed by atoms with Gasteiger partial charge in [0.2, 0.25) is 0 Å². The molecule has 0 spiro atoms. The monoisotopic (exact) mass is 439 g/mol. The summed E-state index contributed by atoms with van der Waals surface area (Å²) in [6.45, 7) is 4.92. The van der Waals surface area contributed by atoms with E-state index in [1.807, 2.05) is 60.3 Å². The Kier molecular flexibility index (Phi) is 8.94. The first kappa shape index (κ1) is 24.1. The van der Waals surface area contributed by atoms with E-state index in [0.29, 0.717) is 19.1 Å². The summed E-state index contributed by atoms with van der Waals surface area (Å²) in [5, 5.41) is 0. The number of nitrogens with zero attached hydrogens (tertiary/aromatic N) is 3. The number of amides is 1. The number of carbonyl (C=O) groups is 1. The van der Waals surface area contributed by atoms with Gasteiger partial charge in [-0.2, -0.15) is 0 Å². The van der Waals surface area contributed by atoms with E-state index in [4.69, 9.17) is 9.47 Å². The number of rotatable bonds is 10. The fraction of sp³-hybridized carbons (Fsp3) is 0.500. The van der Waals surface area contributed by atoms with Crippen molar-refractivity contribution in [3.05, 3.63) is 59.7 Å². The van der Waals surface area contributed by atoms with Gasteiger partial charge in [0.25, 0.3) is 5.91 Å². The summed E-state index contributed by atoms with van der Waals surface area (Å²) in [6, 6.07) is 16.1. The molecule has 0 aliphatic carbocycles. The Bertz CT molecular complexity index is 846. The predicted octanol–water partition coefficient (Wildman–Crippen LogP) is 3.76. The molecule has 1 heterocycles. The van der Waals surface area contributed by atoms with Crippen molar-refractivity contribution in [3.63, 3.8) is 0 Å². The summed E-state index contributed by atoms with van der Waals surface area (Å²) in [4.78, 5) is 19.7. The van der Waals surface area contributed by atoms with Crippen molar-refractivity contribution in [1.82, 2.24) is 9.80 Å². The van der Waals surface area contributed by atoms with E-state index in [2.05, 4.69) is 17.0 Å². The molecule has 2 aromatic carbocycles. The average Bonchev–Trinajstić information content (AvgIpc) is 2.82. The molecule has 3 rings (SSSR count). The summed E-state index contributed by atoms with van der Waals surface area (Å²) in [6.07, 6.45) is 2.18. The maximum Gasteiger partial charge on any atom is 0.253 e. The van der Waals surface area contributed by atoms with Crippen molar-refractivity contribution < 1.29 is 14.3 Å². The van der Waals surface area contributed by atoms with Gasteiger partial charge in [-0.15, -0.1) is 0 Å². The third kappa shape index (κ3) is 6.47. The van der Waals surface area contributed by atoms with Crippen molar-refractivity contribution in [2.75, 3.05) is 66.0 Å². The smallest absolute Gasteiger partial charge is 0.253 e. The maximum atomic E-state index is 13.2. The first-order valence-corrected chi connectivity index (χ1v) is 11.4. The molecule has 0 unspecified atom stereocenters. The van der Waals surface area contributed by atoms with Gasteiger partial charge in [0.1, 0.15) is 5.75 Å². The molecule has 6 nitrogen and oxygen atoms in total. The molecule has 0 radical (unpaired) electrons. The standard InChI is InChI=1S/C26H37N3O3/c1-27(2)24-11-9-22(10-12-24)26(30)29(17-18-31-3)19-21-13-15-28(16-14-21)20-23-7-5-6-8-25(23)32-4/h5-12,21H,13-20H2,1-4H3. The highest BCUT2D eigenvalue weighted by molar-refractivity contribution is 5.94. The molecule has 1 aliphatic heterocycles. The zero-order valence-corrected chi connectivity index (χ0v) is 19.9. The van der Waals surface area contributed by atoms with E-state index in [9.17, 15) is 4.79 Å². The maximum absolute atomic E-state index is 13.2. The molecule has 1 amide bonds. The third-order valence-electron chi connectivity index (χ3n) is 6.26. The van der Waals surface area contributed by atoms with Crippen molar-refractivity contribution in [2.45, 2.75) is 19.4 Å². The first-order valence-electron chi connectivity index (χ1n) is 11.4. The fourth-order valence-electron chi connectivity index (χ4n) is 4.28. The van der Waals surface area contributed by atoms with Gasteiger partial charge in [-0.05, 0) is 62.2 Å². The summed E-state index contributed by atoms with van der Waals surface area (Å²) >= 11 is 0. The zero-order valence-electron chi connectivity index (χ0n) is 19.9. The first-order chi connectivity index (χ1) is 15.5. The van der Waals surface area contributed by atoms with Crippen molar-refractivity contribution in [2.24, 2.45) is 5.92 Å². The number of ether oxygens (including phenoxy) is 2. The van der Waals surface area contributed by atoms with E-state index >= 15 is 0 Å². The molecule has 1 saturated heterocycles. The van der Waals surface area contributed by atoms with Crippen LogP contribution in [0.4, 0.5) is 5.69 Å². The Balaban J connectivity index is 1.57. The highest BCUT2D eigenvalue weighted by atomic mass is 16.5. The van der Waals surface area contributed by atoms with Crippen LogP contribution in [0, 0.1) is 5.92 Å². The van der Waals surface area contributed by atoms with Crippen molar-refractivity contribution in [3.8, 4) is 5.75 Å². The molecule has 0 aromatic heterocycles. The minimum absolute atomic E-state index is 0.0869. The molecule has 0 N–H and O–H groups in total. The molecular weight excluding hydrogens is 402 g/mol. The van der Waals surface area contributed by atoms with Crippen LogP contribution in [0.1, 0.15) is 28.8 Å². The lowest BCUT2D eigenvalue weighted by molar-refractivity contribution is 0.0617. The van der Waals surface area contributed by atoms with Crippen LogP contribution in [0.15, 0.2) is 48.5 Å². The minimum Gasteiger partial charge on any atom is -0.496 e. The highest BCUT2D eigenvalue weighted by Gasteiger charge is 2.25. The van der Waals surface area contributed by atoms with E-state index in [1.54, 1.807) is 14.2 Å². The number of piperidine rings is 1. The van der Waals surface area contributed by atoms with Gasteiger partial charge >= 0.3 is 0 Å². The molecule has 2 aromatic rings. The Morgan fingerprint density at radius 2 is 1.72 bits per heavy atom. The molecule has 1 aliphatic rings. The van der Waals surface area contributed by atoms with Gasteiger partial charge < -0.3 is 19.3 Å². The number of benzene rings is 2. The van der Waals surface area contributed by atoms with Crippen LogP contribution >= 0.6 is 0 Å². The van der Waals surface area contributed by atoms with Crippen LogP contribution in [0.25, 0.3) is 0 Å². The summed E-state index contributed by atoms with van der Waals surface area (Å²) in [7, 11) is 7.42. The summed E-state index contributed by atoms with van der Waals surface area (Å²) in [5.41, 5.74) is 3.05. The molecule has 1 fully saturated rings. The van der Waals surface area contributed by atoms with Crippen LogP contribution in [-0.4, -0.2) is 76.8 Å². The summed E-state index contributed by atoms with van der Waals surface area (Å²) in [5.74, 6) is 1.54. The Morgan fingerprint density at radius 1 is 1.03 bits per heavy atom. The quantitative estimate of drug-likeness (QED) is 0.564. The number of carbonyl (C=O) groups excluding carboxylic acids is 1. The SMILES string of the molecule is COCCN(CC1CCN(Cc2ccccc2OC)CC1)C(=O)c1ccc(N(C)C)cc1. The number of methoxy groups -OCH3 is 2. The Morgan fingerprint density at radius 3 is 2.34 bits per heavy atom. The second-order valence-corrected chi connectivity index (χ2v) is 8.72.